The molecule has 2 aromatic rings. The van der Waals surface area contributed by atoms with Gasteiger partial charge < -0.3 is 21.1 Å². The van der Waals surface area contributed by atoms with E-state index in [0.29, 0.717) is 12.4 Å². The number of hydrogen-bond acceptors (Lipinski definition) is 4. The van der Waals surface area contributed by atoms with E-state index in [9.17, 15) is 9.90 Å². The van der Waals surface area contributed by atoms with Gasteiger partial charge in [0, 0.05) is 6.54 Å². The van der Waals surface area contributed by atoms with Gasteiger partial charge in [-0.15, -0.1) is 0 Å². The smallest absolute Gasteiger partial charge is 0.269 e. The summed E-state index contributed by atoms with van der Waals surface area (Å²) < 4.78 is 0. The highest BCUT2D eigenvalue weighted by Gasteiger charge is 2.10. The molecular weight excluding hydrogens is 220 g/mol. The Morgan fingerprint density at radius 2 is 2.35 bits per heavy atom. The number of anilines is 1. The molecule has 0 fully saturated rings. The van der Waals surface area contributed by atoms with Gasteiger partial charge in [-0.25, -0.2) is 4.98 Å². The van der Waals surface area contributed by atoms with Crippen LogP contribution >= 0.6 is 0 Å². The first kappa shape index (κ1) is 11.0. The summed E-state index contributed by atoms with van der Waals surface area (Å²) in [5, 5.41) is 12.3. The number of rotatable bonds is 4. The fourth-order valence-electron chi connectivity index (χ4n) is 1.47. The van der Waals surface area contributed by atoms with Crippen molar-refractivity contribution in [1.82, 2.24) is 9.97 Å². The summed E-state index contributed by atoms with van der Waals surface area (Å²) in [7, 11) is 0. The number of aromatic nitrogens is 2. The highest BCUT2D eigenvalue weighted by molar-refractivity contribution is 5.95. The van der Waals surface area contributed by atoms with Crippen LogP contribution in [0.2, 0.25) is 0 Å². The second-order valence-electron chi connectivity index (χ2n) is 3.51. The number of nitrogens with one attached hydrogen (secondary N) is 2. The van der Waals surface area contributed by atoms with E-state index in [-0.39, 0.29) is 11.4 Å². The first-order chi connectivity index (χ1) is 8.16. The van der Waals surface area contributed by atoms with Crippen LogP contribution in [0.15, 0.2) is 30.6 Å². The second kappa shape index (κ2) is 4.56. The minimum absolute atomic E-state index is 0.196. The number of benzene rings is 1. The highest BCUT2D eigenvalue weighted by atomic mass is 16.3. The Labute approximate surface area is 97.5 Å². The highest BCUT2D eigenvalue weighted by Crippen LogP contribution is 2.14. The van der Waals surface area contributed by atoms with Crippen LogP contribution in [-0.2, 0) is 6.54 Å². The molecule has 5 N–H and O–H groups in total. The number of hydrogen-bond donors (Lipinski definition) is 4. The van der Waals surface area contributed by atoms with Crippen molar-refractivity contribution >= 4 is 11.7 Å². The lowest BCUT2D eigenvalue weighted by molar-refractivity contribution is 0.0997. The Kier molecular flexibility index (Phi) is 2.95. The monoisotopic (exact) mass is 232 g/mol. The van der Waals surface area contributed by atoms with E-state index in [1.54, 1.807) is 18.2 Å². The molecule has 2 rings (SSSR count). The number of phenols is 1. The summed E-state index contributed by atoms with van der Waals surface area (Å²) in [4.78, 5) is 17.6. The third-order valence-electron chi connectivity index (χ3n) is 2.26. The van der Waals surface area contributed by atoms with Crippen LogP contribution in [0.1, 0.15) is 16.1 Å². The average molecular weight is 232 g/mol. The molecule has 0 saturated heterocycles. The zero-order chi connectivity index (χ0) is 12.3. The van der Waals surface area contributed by atoms with E-state index in [1.807, 2.05) is 6.07 Å². The number of imidazole rings is 1. The molecule has 0 aliphatic rings. The molecule has 0 bridgehead atoms. The molecule has 6 nitrogen and oxygen atoms in total. The molecular formula is C11H12N4O2. The molecule has 1 amide bonds. The Balaban J connectivity index is 2.07. The number of carbonyl (C=O) groups excluding carboxylic acids is 1. The summed E-state index contributed by atoms with van der Waals surface area (Å²) in [6.07, 6.45) is 1.39. The molecule has 0 radical (unpaired) electrons. The van der Waals surface area contributed by atoms with Crippen LogP contribution in [0.3, 0.4) is 0 Å². The molecule has 0 atom stereocenters. The summed E-state index contributed by atoms with van der Waals surface area (Å²) in [6.45, 7) is 0.444. The number of aromatic amines is 1. The molecule has 0 aliphatic carbocycles. The van der Waals surface area contributed by atoms with Gasteiger partial charge in [0.25, 0.3) is 5.91 Å². The van der Waals surface area contributed by atoms with E-state index >= 15 is 0 Å². The van der Waals surface area contributed by atoms with Gasteiger partial charge in [0.15, 0.2) is 5.82 Å². The third-order valence-corrected chi connectivity index (χ3v) is 2.26. The van der Waals surface area contributed by atoms with E-state index in [2.05, 4.69) is 15.3 Å². The number of nitrogens with two attached hydrogens (primary N) is 1. The molecule has 1 aromatic heterocycles. The zero-order valence-corrected chi connectivity index (χ0v) is 8.97. The lowest BCUT2D eigenvalue weighted by Gasteiger charge is -2.05. The van der Waals surface area contributed by atoms with Crippen LogP contribution in [0.25, 0.3) is 0 Å². The molecule has 17 heavy (non-hydrogen) atoms. The van der Waals surface area contributed by atoms with Crippen molar-refractivity contribution in [2.24, 2.45) is 5.73 Å². The fourth-order valence-corrected chi connectivity index (χ4v) is 1.47. The minimum atomic E-state index is -0.569. The summed E-state index contributed by atoms with van der Waals surface area (Å²) >= 11 is 0. The zero-order valence-electron chi connectivity index (χ0n) is 8.97. The number of phenolic OH excluding ortho intramolecular Hbond substituents is 1. The molecule has 88 valence electrons. The molecule has 1 heterocycles. The molecule has 0 unspecified atom stereocenters. The van der Waals surface area contributed by atoms with E-state index < -0.39 is 5.91 Å². The van der Waals surface area contributed by atoms with Crippen molar-refractivity contribution in [3.63, 3.8) is 0 Å². The van der Waals surface area contributed by atoms with Gasteiger partial charge in [-0.1, -0.05) is 12.1 Å². The lowest BCUT2D eigenvalue weighted by Crippen LogP contribution is -2.14. The van der Waals surface area contributed by atoms with Crippen molar-refractivity contribution in [2.75, 3.05) is 5.32 Å². The summed E-state index contributed by atoms with van der Waals surface area (Å²) in [6, 6.07) is 6.81. The van der Waals surface area contributed by atoms with Crippen molar-refractivity contribution < 1.29 is 9.90 Å². The Bertz CT molecular complexity index is 536. The largest absolute Gasteiger partial charge is 0.508 e. The number of carbonyl (C=O) groups is 1. The predicted molar refractivity (Wildman–Crippen MR) is 62.5 cm³/mol. The number of aromatic hydroxyl groups is 1. The summed E-state index contributed by atoms with van der Waals surface area (Å²) in [5.74, 6) is 0.0307. The Hall–Kier alpha value is -2.50. The minimum Gasteiger partial charge on any atom is -0.508 e. The van der Waals surface area contributed by atoms with Gasteiger partial charge in [0.2, 0.25) is 0 Å². The maximum absolute atomic E-state index is 11.0. The lowest BCUT2D eigenvalue weighted by atomic mass is 10.2. The van der Waals surface area contributed by atoms with Gasteiger partial charge in [-0.3, -0.25) is 4.79 Å². The fraction of sp³-hybridized carbons (Fsp3) is 0.0909. The predicted octanol–water partition coefficient (Wildman–Crippen LogP) is 0.826. The molecule has 1 aromatic carbocycles. The van der Waals surface area contributed by atoms with Crippen molar-refractivity contribution in [2.45, 2.75) is 6.54 Å². The van der Waals surface area contributed by atoms with Crippen LogP contribution < -0.4 is 11.1 Å². The van der Waals surface area contributed by atoms with Crippen molar-refractivity contribution in [3.05, 3.63) is 41.9 Å². The van der Waals surface area contributed by atoms with E-state index in [1.165, 1.54) is 6.33 Å². The second-order valence-corrected chi connectivity index (χ2v) is 3.51. The van der Waals surface area contributed by atoms with E-state index in [0.717, 1.165) is 5.56 Å². The van der Waals surface area contributed by atoms with Crippen LogP contribution in [0.5, 0.6) is 5.75 Å². The molecule has 0 saturated carbocycles. The molecule has 0 aliphatic heterocycles. The number of H-pyrrole nitrogens is 1. The standard InChI is InChI=1S/C11H12N4O2/c12-10(17)9-11(15-6-14-9)13-5-7-2-1-3-8(16)4-7/h1-4,6,13,16H,5H2,(H2,12,17)(H,14,15). The van der Waals surface area contributed by atoms with Crippen LogP contribution in [0, 0.1) is 0 Å². The van der Waals surface area contributed by atoms with Crippen LogP contribution in [0.4, 0.5) is 5.82 Å². The maximum atomic E-state index is 11.0. The first-order valence-electron chi connectivity index (χ1n) is 5.02. The average Bonchev–Trinajstić information content (AvgIpc) is 2.74. The Morgan fingerprint density at radius 3 is 3.06 bits per heavy atom. The summed E-state index contributed by atoms with van der Waals surface area (Å²) in [5.41, 5.74) is 6.28. The third kappa shape index (κ3) is 2.54. The molecule has 6 heteroatoms. The van der Waals surface area contributed by atoms with Gasteiger partial charge in [-0.2, -0.15) is 0 Å². The number of amides is 1. The quantitative estimate of drug-likeness (QED) is 0.626. The first-order valence-corrected chi connectivity index (χ1v) is 5.02. The van der Waals surface area contributed by atoms with Crippen molar-refractivity contribution in [1.29, 1.82) is 0 Å². The van der Waals surface area contributed by atoms with Gasteiger partial charge in [0.1, 0.15) is 11.4 Å². The van der Waals surface area contributed by atoms with Crippen LogP contribution in [-0.4, -0.2) is 21.0 Å². The van der Waals surface area contributed by atoms with Gasteiger partial charge >= 0.3 is 0 Å². The SMILES string of the molecule is NC(=O)c1[nH]cnc1NCc1cccc(O)c1. The van der Waals surface area contributed by atoms with Crippen molar-refractivity contribution in [3.8, 4) is 5.75 Å². The van der Waals surface area contributed by atoms with Gasteiger partial charge in [0.05, 0.1) is 6.33 Å². The Morgan fingerprint density at radius 1 is 1.53 bits per heavy atom. The number of nitrogens with zero attached hydrogens (tertiary/aromatic N) is 1. The number of primary amides is 1. The molecule has 0 spiro atoms. The topological polar surface area (TPSA) is 104 Å². The normalized spacial score (nSPS) is 10.1. The maximum Gasteiger partial charge on any atom is 0.269 e. The van der Waals surface area contributed by atoms with Gasteiger partial charge in [-0.05, 0) is 17.7 Å². The van der Waals surface area contributed by atoms with E-state index in [4.69, 9.17) is 5.73 Å².